The van der Waals surface area contributed by atoms with E-state index >= 15 is 0 Å². The lowest BCUT2D eigenvalue weighted by atomic mass is 11.2. The number of halogens is 2. The highest BCUT2D eigenvalue weighted by atomic mass is 79.9. The Balaban J connectivity index is 3.26. The van der Waals surface area contributed by atoms with E-state index in [0.717, 1.165) is 0 Å². The zero-order valence-corrected chi connectivity index (χ0v) is 4.27. The molecule has 36 valence electrons. The van der Waals surface area contributed by atoms with Crippen LogP contribution in [0.15, 0.2) is 0 Å². The van der Waals surface area contributed by atoms with E-state index in [1.54, 1.807) is 0 Å². The monoisotopic (exact) mass is 156 g/mol. The van der Waals surface area contributed by atoms with Crippen LogP contribution in [0.5, 0.6) is 0 Å². The van der Waals surface area contributed by atoms with Crippen molar-refractivity contribution in [1.29, 1.82) is 0 Å². The third-order valence-corrected chi connectivity index (χ3v) is 0.516. The third kappa shape index (κ3) is 1.95. The lowest BCUT2D eigenvalue weighted by Gasteiger charge is -1.90. The lowest BCUT2D eigenvalue weighted by Crippen LogP contribution is -2.19. The van der Waals surface area contributed by atoms with Gasteiger partial charge in [-0.05, 0) is 0 Å². The highest BCUT2D eigenvalue weighted by Gasteiger charge is 1.97. The van der Waals surface area contributed by atoms with Crippen LogP contribution < -0.4 is 5.73 Å². The van der Waals surface area contributed by atoms with Crippen LogP contribution in [-0.4, -0.2) is 10.2 Å². The number of carbonyl (C=O) groups excluding carboxylic acids is 1. The second-order valence-electron chi connectivity index (χ2n) is 0.571. The number of urea groups is 1. The number of carbonyl (C=O) groups is 1. The minimum Gasteiger partial charge on any atom is -0.349 e. The van der Waals surface area contributed by atoms with E-state index in [2.05, 4.69) is 21.9 Å². The number of primary amides is 1. The molecule has 6 heavy (non-hydrogen) atoms. The SMILES string of the molecule is NC(=O)N(F)Br. The Morgan fingerprint density at radius 1 is 2.00 bits per heavy atom. The van der Waals surface area contributed by atoms with Gasteiger partial charge in [-0.1, -0.05) is 8.63 Å². The van der Waals surface area contributed by atoms with Crippen LogP contribution >= 0.6 is 16.1 Å². The van der Waals surface area contributed by atoms with Gasteiger partial charge in [0.15, 0.2) is 0 Å². The fraction of sp³-hybridized carbons (Fsp3) is 0. The lowest BCUT2D eigenvalue weighted by molar-refractivity contribution is 0.172. The first-order valence-electron chi connectivity index (χ1n) is 1.05. The maximum Gasteiger partial charge on any atom is 0.353 e. The normalized spacial score (nSPS) is 7.67. The van der Waals surface area contributed by atoms with E-state index < -0.39 is 6.03 Å². The summed E-state index contributed by atoms with van der Waals surface area (Å²) in [6.07, 6.45) is 0. The smallest absolute Gasteiger partial charge is 0.349 e. The molecule has 0 rings (SSSR count). The van der Waals surface area contributed by atoms with Gasteiger partial charge in [-0.3, -0.25) is 0 Å². The van der Waals surface area contributed by atoms with Crippen molar-refractivity contribution in [3.8, 4) is 0 Å². The van der Waals surface area contributed by atoms with Crippen molar-refractivity contribution in [2.75, 3.05) is 0 Å². The molecule has 2 N–H and O–H groups in total. The van der Waals surface area contributed by atoms with E-state index in [9.17, 15) is 9.28 Å². The van der Waals surface area contributed by atoms with Crippen molar-refractivity contribution in [3.63, 3.8) is 0 Å². The maximum absolute atomic E-state index is 11.1. The van der Waals surface area contributed by atoms with Gasteiger partial charge in [0.05, 0.1) is 16.1 Å². The van der Waals surface area contributed by atoms with Crippen LogP contribution in [0.3, 0.4) is 0 Å². The molecule has 3 nitrogen and oxygen atoms in total. The minimum atomic E-state index is -1.16. The Bertz CT molecular complexity index is 64.6. The predicted molar refractivity (Wildman–Crippen MR) is 21.5 cm³/mol. The van der Waals surface area contributed by atoms with Crippen LogP contribution in [0.25, 0.3) is 0 Å². The third-order valence-electron chi connectivity index (χ3n) is 0.167. The van der Waals surface area contributed by atoms with Gasteiger partial charge < -0.3 is 5.73 Å². The van der Waals surface area contributed by atoms with Crippen molar-refractivity contribution in [2.45, 2.75) is 0 Å². The van der Waals surface area contributed by atoms with Gasteiger partial charge in [0.2, 0.25) is 0 Å². The Labute approximate surface area is 42.2 Å². The van der Waals surface area contributed by atoms with Crippen LogP contribution in [-0.2, 0) is 0 Å². The van der Waals surface area contributed by atoms with Gasteiger partial charge in [-0.15, -0.1) is 0 Å². The maximum atomic E-state index is 11.1. The molecule has 0 aromatic carbocycles. The van der Waals surface area contributed by atoms with E-state index in [4.69, 9.17) is 0 Å². The molecule has 0 saturated carbocycles. The van der Waals surface area contributed by atoms with Gasteiger partial charge >= 0.3 is 6.03 Å². The number of rotatable bonds is 0. The number of hydrogen-bond acceptors (Lipinski definition) is 1. The molecule has 0 spiro atoms. The van der Waals surface area contributed by atoms with Crippen molar-refractivity contribution in [3.05, 3.63) is 0 Å². The second kappa shape index (κ2) is 1.96. The molecule has 0 aliphatic heterocycles. The molecule has 0 fully saturated rings. The summed E-state index contributed by atoms with van der Waals surface area (Å²) in [7, 11) is 0. The molecule has 0 heterocycles. The van der Waals surface area contributed by atoms with Crippen LogP contribution in [0.1, 0.15) is 0 Å². The first-order chi connectivity index (χ1) is 2.64. The molecule has 0 atom stereocenters. The van der Waals surface area contributed by atoms with Gasteiger partial charge in [0.25, 0.3) is 0 Å². The molecule has 0 saturated heterocycles. The van der Waals surface area contributed by atoms with E-state index in [-0.39, 0.29) is 4.15 Å². The Hall–Kier alpha value is -0.320. The van der Waals surface area contributed by atoms with Gasteiger partial charge in [0.1, 0.15) is 0 Å². The summed E-state index contributed by atoms with van der Waals surface area (Å²) in [5.41, 5.74) is 4.30. The summed E-state index contributed by atoms with van der Waals surface area (Å²) in [5.74, 6) is 0. The predicted octanol–water partition coefficient (Wildman–Crippen LogP) is 0.562. The summed E-state index contributed by atoms with van der Waals surface area (Å²) in [5, 5.41) is 0. The number of nitrogens with zero attached hydrogens (tertiary/aromatic N) is 1. The van der Waals surface area contributed by atoms with Gasteiger partial charge in [-0.25, -0.2) is 4.79 Å². The van der Waals surface area contributed by atoms with Crippen molar-refractivity contribution in [1.82, 2.24) is 4.15 Å². The summed E-state index contributed by atoms with van der Waals surface area (Å²) >= 11 is 2.13. The average molecular weight is 157 g/mol. The standard InChI is InChI=1S/CH2BrFN2O/c2-5(3)1(4)6/h(H2,4,6). The second-order valence-corrected chi connectivity index (χ2v) is 1.19. The molecule has 2 amide bonds. The van der Waals surface area contributed by atoms with Gasteiger partial charge in [-0.2, -0.15) is 0 Å². The largest absolute Gasteiger partial charge is 0.353 e. The van der Waals surface area contributed by atoms with Crippen molar-refractivity contribution < 1.29 is 9.28 Å². The number of nitrogens with two attached hydrogens (primary N) is 1. The summed E-state index contributed by atoms with van der Waals surface area (Å²) in [6.45, 7) is 0. The summed E-state index contributed by atoms with van der Waals surface area (Å²) in [4.78, 5) is 9.43. The van der Waals surface area contributed by atoms with E-state index in [1.165, 1.54) is 0 Å². The van der Waals surface area contributed by atoms with Gasteiger partial charge in [0, 0.05) is 0 Å². The molecule has 0 aromatic rings. The minimum absolute atomic E-state index is 0.382. The Morgan fingerprint density at radius 2 is 2.17 bits per heavy atom. The number of amides is 2. The first kappa shape index (κ1) is 5.68. The molecular weight excluding hydrogens is 155 g/mol. The van der Waals surface area contributed by atoms with Crippen molar-refractivity contribution in [2.24, 2.45) is 5.73 Å². The molecule has 0 bridgehead atoms. The van der Waals surface area contributed by atoms with Crippen LogP contribution in [0.4, 0.5) is 9.28 Å². The molecule has 0 aliphatic carbocycles. The fourth-order valence-electron chi connectivity index (χ4n) is 0. The molecule has 0 aromatic heterocycles. The Morgan fingerprint density at radius 3 is 2.17 bits per heavy atom. The van der Waals surface area contributed by atoms with E-state index in [1.807, 2.05) is 0 Å². The molecule has 0 radical (unpaired) electrons. The fourth-order valence-corrected chi connectivity index (χ4v) is 0. The van der Waals surface area contributed by atoms with Crippen molar-refractivity contribution >= 4 is 22.2 Å². The first-order valence-corrected chi connectivity index (χ1v) is 1.76. The molecule has 5 heteroatoms. The van der Waals surface area contributed by atoms with Crippen LogP contribution in [0, 0.1) is 0 Å². The number of hydrogen-bond donors (Lipinski definition) is 1. The quantitative estimate of drug-likeness (QED) is 0.513. The highest BCUT2D eigenvalue weighted by molar-refractivity contribution is 9.07. The zero-order valence-electron chi connectivity index (χ0n) is 2.69. The molecular formula is CH2BrFN2O. The van der Waals surface area contributed by atoms with E-state index in [0.29, 0.717) is 0 Å². The van der Waals surface area contributed by atoms with Crippen LogP contribution in [0.2, 0.25) is 0 Å². The summed E-state index contributed by atoms with van der Waals surface area (Å²) in [6, 6.07) is -1.16. The Kier molecular flexibility index (Phi) is 1.86. The molecule has 0 unspecified atom stereocenters. The molecule has 0 aliphatic rings. The average Bonchev–Trinajstić information content (AvgIpc) is 1.36. The summed E-state index contributed by atoms with van der Waals surface area (Å²) < 4.78 is 10.7. The highest BCUT2D eigenvalue weighted by Crippen LogP contribution is 1.93. The topological polar surface area (TPSA) is 46.3 Å². The zero-order chi connectivity index (χ0) is 5.15.